The van der Waals surface area contributed by atoms with Crippen LogP contribution in [0.2, 0.25) is 0 Å². The van der Waals surface area contributed by atoms with Gasteiger partial charge in [0.05, 0.1) is 27.6 Å². The molecule has 0 atom stereocenters. The van der Waals surface area contributed by atoms with Crippen LogP contribution in [0.5, 0.6) is 0 Å². The van der Waals surface area contributed by atoms with Gasteiger partial charge in [-0.1, -0.05) is 141 Å². The van der Waals surface area contributed by atoms with Crippen molar-refractivity contribution in [2.75, 3.05) is 10.6 Å². The number of nitrogen functional groups attached to an aromatic ring is 1. The summed E-state index contributed by atoms with van der Waals surface area (Å²) in [6, 6.07) is 64.4. The van der Waals surface area contributed by atoms with Crippen molar-refractivity contribution in [3.63, 3.8) is 0 Å². The summed E-state index contributed by atoms with van der Waals surface area (Å²) in [4.78, 5) is 2.38. The number of rotatable bonds is 7. The Hall–Kier alpha value is -6.52. The Morgan fingerprint density at radius 1 is 0.490 bits per heavy atom. The smallest absolute Gasteiger partial charge is 0.133 e. The van der Waals surface area contributed by atoms with Crippen LogP contribution in [-0.4, -0.2) is 9.13 Å². The van der Waals surface area contributed by atoms with E-state index in [-0.39, 0.29) is 0 Å². The van der Waals surface area contributed by atoms with Crippen molar-refractivity contribution in [3.05, 3.63) is 188 Å². The summed E-state index contributed by atoms with van der Waals surface area (Å²) in [7, 11) is 0. The van der Waals surface area contributed by atoms with E-state index in [0.717, 1.165) is 44.7 Å². The Kier molecular flexibility index (Phi) is 8.57. The largest absolute Gasteiger partial charge is 0.383 e. The van der Waals surface area contributed by atoms with Gasteiger partial charge in [-0.05, 0) is 71.3 Å². The molecule has 0 spiro atoms. The summed E-state index contributed by atoms with van der Waals surface area (Å²) in [5.74, 6) is 0.698. The molecule has 51 heavy (non-hydrogen) atoms. The molecule has 2 aromatic heterocycles. The van der Waals surface area contributed by atoms with E-state index in [2.05, 4.69) is 190 Å². The number of aromatic nitrogens is 2. The van der Waals surface area contributed by atoms with Crippen LogP contribution in [0.3, 0.4) is 0 Å². The second-order valence-corrected chi connectivity index (χ2v) is 12.4. The topological polar surface area (TPSA) is 39.1 Å². The van der Waals surface area contributed by atoms with E-state index >= 15 is 0 Å². The van der Waals surface area contributed by atoms with Crippen molar-refractivity contribution >= 4 is 49.9 Å². The summed E-state index contributed by atoms with van der Waals surface area (Å²) in [6.07, 6.45) is 0. The number of nitrogens with zero attached hydrogens (tertiary/aromatic N) is 3. The van der Waals surface area contributed by atoms with Crippen molar-refractivity contribution in [3.8, 4) is 22.5 Å². The zero-order chi connectivity index (χ0) is 34.7. The number of nitrogens with two attached hydrogens (primary N) is 1. The fraction of sp³-hybridized carbons (Fsp3) is 0.0638. The van der Waals surface area contributed by atoms with Crippen molar-refractivity contribution in [1.82, 2.24) is 9.13 Å². The number of para-hydroxylation sites is 3. The SMILES string of the molecule is CC.Nc1c(N(Cc2ccccc2)c2ccccc2)c2c(ccc3c4cc(-c5ccccc5)ccc4n(-c4ccccc4)c32)n1-c1ccccc1. The molecular weight excluding hydrogens is 621 g/mol. The minimum absolute atomic E-state index is 0.656. The van der Waals surface area contributed by atoms with Gasteiger partial charge in [0.15, 0.2) is 0 Å². The zero-order valence-electron chi connectivity index (χ0n) is 28.9. The third-order valence-electron chi connectivity index (χ3n) is 9.53. The number of anilines is 3. The van der Waals surface area contributed by atoms with Gasteiger partial charge >= 0.3 is 0 Å². The summed E-state index contributed by atoms with van der Waals surface area (Å²) in [6.45, 7) is 4.66. The van der Waals surface area contributed by atoms with Gasteiger partial charge in [0.2, 0.25) is 0 Å². The zero-order valence-corrected chi connectivity index (χ0v) is 28.9. The van der Waals surface area contributed by atoms with Crippen LogP contribution < -0.4 is 10.6 Å². The standard InChI is InChI=1S/C45H34N4.C2H6/c46-45-44(47(35-20-10-3-11-21-35)31-32-16-6-1-7-17-32)42-41(49(45)37-24-14-5-15-25-37)29-27-38-39-30-34(33-18-8-2-9-19-33)26-28-40(39)48(43(38)42)36-22-12-4-13-23-36;1-2/h1-30H,31,46H2;1-2H3. The highest BCUT2D eigenvalue weighted by atomic mass is 15.2. The van der Waals surface area contributed by atoms with Crippen LogP contribution in [0.1, 0.15) is 19.4 Å². The summed E-state index contributed by atoms with van der Waals surface area (Å²) in [5, 5.41) is 3.50. The van der Waals surface area contributed by atoms with Gasteiger partial charge in [0, 0.05) is 34.4 Å². The van der Waals surface area contributed by atoms with E-state index < -0.39 is 0 Å². The first kappa shape index (κ1) is 31.7. The molecule has 9 rings (SSSR count). The fourth-order valence-corrected chi connectivity index (χ4v) is 7.34. The molecule has 2 heterocycles. The van der Waals surface area contributed by atoms with Gasteiger partial charge < -0.3 is 15.2 Å². The molecule has 248 valence electrons. The quantitative estimate of drug-likeness (QED) is 0.185. The molecular formula is C47H40N4. The highest BCUT2D eigenvalue weighted by Crippen LogP contribution is 2.48. The molecule has 4 heteroatoms. The lowest BCUT2D eigenvalue weighted by Crippen LogP contribution is -2.18. The van der Waals surface area contributed by atoms with Crippen molar-refractivity contribution in [1.29, 1.82) is 0 Å². The van der Waals surface area contributed by atoms with Crippen LogP contribution in [-0.2, 0) is 6.54 Å². The van der Waals surface area contributed by atoms with Crippen LogP contribution in [0, 0.1) is 0 Å². The summed E-state index contributed by atoms with van der Waals surface area (Å²) in [5.41, 5.74) is 18.6. The van der Waals surface area contributed by atoms with Gasteiger partial charge in [-0.25, -0.2) is 0 Å². The molecule has 9 aromatic rings. The average molecular weight is 661 g/mol. The molecule has 0 fully saturated rings. The van der Waals surface area contributed by atoms with E-state index in [0.29, 0.717) is 12.4 Å². The van der Waals surface area contributed by atoms with Crippen LogP contribution in [0.25, 0.3) is 55.2 Å². The number of hydrogen-bond acceptors (Lipinski definition) is 2. The van der Waals surface area contributed by atoms with Gasteiger partial charge in [-0.15, -0.1) is 0 Å². The number of hydrogen-bond donors (Lipinski definition) is 1. The predicted molar refractivity (Wildman–Crippen MR) is 218 cm³/mol. The Morgan fingerprint density at radius 2 is 1.02 bits per heavy atom. The third-order valence-corrected chi connectivity index (χ3v) is 9.53. The lowest BCUT2D eigenvalue weighted by Gasteiger charge is -2.26. The Morgan fingerprint density at radius 3 is 1.65 bits per heavy atom. The molecule has 4 nitrogen and oxygen atoms in total. The monoisotopic (exact) mass is 660 g/mol. The minimum Gasteiger partial charge on any atom is -0.383 e. The molecule has 0 aliphatic heterocycles. The highest BCUT2D eigenvalue weighted by molar-refractivity contribution is 6.24. The van der Waals surface area contributed by atoms with Gasteiger partial charge in [0.25, 0.3) is 0 Å². The van der Waals surface area contributed by atoms with E-state index in [1.54, 1.807) is 0 Å². The van der Waals surface area contributed by atoms with E-state index in [1.165, 1.54) is 27.5 Å². The minimum atomic E-state index is 0.656. The van der Waals surface area contributed by atoms with Crippen molar-refractivity contribution in [2.45, 2.75) is 20.4 Å². The molecule has 0 radical (unpaired) electrons. The van der Waals surface area contributed by atoms with Crippen LogP contribution in [0.15, 0.2) is 182 Å². The first-order valence-electron chi connectivity index (χ1n) is 17.7. The average Bonchev–Trinajstić information content (AvgIpc) is 3.70. The fourth-order valence-electron chi connectivity index (χ4n) is 7.34. The van der Waals surface area contributed by atoms with Crippen molar-refractivity contribution in [2.24, 2.45) is 0 Å². The second kappa shape index (κ2) is 13.8. The molecule has 0 aliphatic carbocycles. The maximum absolute atomic E-state index is 7.43. The predicted octanol–water partition coefficient (Wildman–Crippen LogP) is 12.3. The Balaban J connectivity index is 0.00000184. The van der Waals surface area contributed by atoms with Gasteiger partial charge in [-0.3, -0.25) is 4.57 Å². The van der Waals surface area contributed by atoms with Crippen LogP contribution >= 0.6 is 0 Å². The number of fused-ring (bicyclic) bond motifs is 5. The van der Waals surface area contributed by atoms with Gasteiger partial charge in [0.1, 0.15) is 5.82 Å². The molecule has 0 saturated heterocycles. The molecule has 0 unspecified atom stereocenters. The van der Waals surface area contributed by atoms with E-state index in [1.807, 2.05) is 19.9 Å². The maximum Gasteiger partial charge on any atom is 0.133 e. The van der Waals surface area contributed by atoms with Crippen LogP contribution in [0.4, 0.5) is 17.2 Å². The first-order valence-corrected chi connectivity index (χ1v) is 17.7. The first-order chi connectivity index (χ1) is 25.3. The summed E-state index contributed by atoms with van der Waals surface area (Å²) < 4.78 is 4.64. The normalized spacial score (nSPS) is 11.1. The number of benzene rings is 7. The van der Waals surface area contributed by atoms with Crippen molar-refractivity contribution < 1.29 is 0 Å². The molecule has 2 N–H and O–H groups in total. The van der Waals surface area contributed by atoms with E-state index in [4.69, 9.17) is 5.73 Å². The molecule has 0 bridgehead atoms. The summed E-state index contributed by atoms with van der Waals surface area (Å²) >= 11 is 0. The lowest BCUT2D eigenvalue weighted by molar-refractivity contribution is 0.977. The molecule has 0 amide bonds. The third kappa shape index (κ3) is 5.61. The molecule has 0 aliphatic rings. The lowest BCUT2D eigenvalue weighted by atomic mass is 10.0. The molecule has 7 aromatic carbocycles. The van der Waals surface area contributed by atoms with Gasteiger partial charge in [-0.2, -0.15) is 0 Å². The maximum atomic E-state index is 7.43. The molecule has 0 saturated carbocycles. The highest BCUT2D eigenvalue weighted by Gasteiger charge is 2.27. The van der Waals surface area contributed by atoms with E-state index in [9.17, 15) is 0 Å². The Bertz CT molecular complexity index is 2550. The Labute approximate surface area is 299 Å². The second-order valence-electron chi connectivity index (χ2n) is 12.4.